The average molecular weight is 1610 g/mol. The third-order valence-corrected chi connectivity index (χ3v) is 21.2. The number of nitrogens with zero attached hydrogens (tertiary/aromatic N) is 3. The Hall–Kier alpha value is -5.13. The highest BCUT2D eigenvalue weighted by molar-refractivity contribution is 7.95. The van der Waals surface area contributed by atoms with E-state index in [0.717, 1.165) is 23.6 Å². The zero-order chi connectivity index (χ0) is 72.1. The van der Waals surface area contributed by atoms with Crippen molar-refractivity contribution < 1.29 is 159 Å². The van der Waals surface area contributed by atoms with Gasteiger partial charge in [-0.25, -0.2) is 25.3 Å². The lowest BCUT2D eigenvalue weighted by atomic mass is 9.92. The molecule has 0 aliphatic carbocycles. The van der Waals surface area contributed by atoms with Gasteiger partial charge in [0.15, 0.2) is 0 Å². The number of sulfonamides is 3. The quantitative estimate of drug-likeness (QED) is 0.0846. The Labute approximate surface area is 551 Å². The molecule has 3 heterocycles. The highest BCUT2D eigenvalue weighted by Crippen LogP contribution is 2.54. The molecular weight excluding hydrogens is 1570 g/mol. The molecule has 0 fully saturated rings. The summed E-state index contributed by atoms with van der Waals surface area (Å²) in [5, 5.41) is 30.2. The molecular formula is C48H39Cl3F27N3O9S6. The van der Waals surface area contributed by atoms with Gasteiger partial charge in [-0.1, -0.05) is 99.5 Å². The number of hydrogen-bond donors (Lipinski definition) is 3. The van der Waals surface area contributed by atoms with Gasteiger partial charge in [-0.05, 0) is 60.0 Å². The van der Waals surface area contributed by atoms with Crippen LogP contribution in [0.15, 0.2) is 122 Å². The number of thiophene rings is 3. The molecule has 0 atom stereocenters. The molecule has 48 heteroatoms. The van der Waals surface area contributed by atoms with E-state index in [1.165, 1.54) is 11.4 Å². The van der Waals surface area contributed by atoms with Crippen LogP contribution in [0, 0.1) is 0 Å². The van der Waals surface area contributed by atoms with Crippen molar-refractivity contribution in [2.75, 3.05) is 32.5 Å². The van der Waals surface area contributed by atoms with Crippen LogP contribution < -0.4 is 12.9 Å². The van der Waals surface area contributed by atoms with Gasteiger partial charge >= 0.3 is 55.6 Å². The second-order valence-corrected chi connectivity index (χ2v) is 28.4. The molecule has 0 amide bonds. The highest BCUT2D eigenvalue weighted by Gasteiger charge is 2.73. The second kappa shape index (κ2) is 30.0. The molecule has 12 nitrogen and oxygen atoms in total. The van der Waals surface area contributed by atoms with Gasteiger partial charge < -0.3 is 15.3 Å². The summed E-state index contributed by atoms with van der Waals surface area (Å²) in [6, 6.07) is 5.68. The van der Waals surface area contributed by atoms with Gasteiger partial charge in [0.05, 0.1) is 30.6 Å². The number of benzene rings is 3. The van der Waals surface area contributed by atoms with E-state index < -0.39 is 174 Å². The standard InChI is InChI=1S/C15H8Cl2F9NO3S2.C15H9ClF9NO3S2.C15H10F9NO3S2.3CH4/c16-10-5-9(11(17)31-10)32(29,30)27(6-12(18,19)20)8-3-1-7(2-4-8)13(28,14(21,22)23)15(24,25)26;16-11-5-10(6-30-11)31(28,29)26(7-12(17,18)19)9-3-1-8(2-4-9)13(27,14(20,21)22)15(23,24)25;16-12(17,18)8-25(30(27,28)11-2-1-7-29-11)10-5-3-9(4-6-10)13(26,14(19,20)21)15(22,23)24;;;/h1-5,28H,6H2;1-6,27H,7H2;1-7,26H,8H2;3*1H4. The molecule has 0 aliphatic heterocycles. The fourth-order valence-electron chi connectivity index (χ4n) is 7.20. The topological polar surface area (TPSA) is 173 Å². The maximum absolute atomic E-state index is 13.0. The number of aliphatic hydroxyl groups is 3. The monoisotopic (exact) mass is 1610 g/mol. The predicted octanol–water partition coefficient (Wildman–Crippen LogP) is 18.3. The molecule has 0 unspecified atom stereocenters. The molecule has 3 N–H and O–H groups in total. The molecule has 546 valence electrons. The van der Waals surface area contributed by atoms with Gasteiger partial charge in [0.25, 0.3) is 46.9 Å². The van der Waals surface area contributed by atoms with Gasteiger partial charge in [0, 0.05) is 22.1 Å². The van der Waals surface area contributed by atoms with Crippen molar-refractivity contribution >= 4 is 116 Å². The third kappa shape index (κ3) is 19.4. The Morgan fingerprint density at radius 1 is 0.375 bits per heavy atom. The van der Waals surface area contributed by atoms with Crippen LogP contribution in [0.1, 0.15) is 39.0 Å². The number of hydrogen-bond acceptors (Lipinski definition) is 12. The lowest BCUT2D eigenvalue weighted by molar-refractivity contribution is -0.376. The van der Waals surface area contributed by atoms with Crippen LogP contribution in [0.5, 0.6) is 0 Å². The van der Waals surface area contributed by atoms with Crippen molar-refractivity contribution in [3.63, 3.8) is 0 Å². The number of alkyl halides is 27. The molecule has 0 bridgehead atoms. The molecule has 0 radical (unpaired) electrons. The van der Waals surface area contributed by atoms with Gasteiger partial charge in [0.2, 0.25) is 0 Å². The number of anilines is 3. The summed E-state index contributed by atoms with van der Waals surface area (Å²) in [4.78, 5) is -1.53. The van der Waals surface area contributed by atoms with Crippen molar-refractivity contribution in [1.29, 1.82) is 0 Å². The lowest BCUT2D eigenvalue weighted by Gasteiger charge is -2.33. The summed E-state index contributed by atoms with van der Waals surface area (Å²) in [6.45, 7) is -6.42. The number of rotatable bonds is 15. The zero-order valence-corrected chi connectivity index (χ0v) is 50.6. The van der Waals surface area contributed by atoms with Crippen LogP contribution in [-0.2, 0) is 46.9 Å². The first-order valence-corrected chi connectivity index (χ1v) is 30.9. The minimum atomic E-state index is -6.24. The van der Waals surface area contributed by atoms with Crippen molar-refractivity contribution in [3.05, 3.63) is 138 Å². The normalized spacial score (nSPS) is 13.6. The highest BCUT2D eigenvalue weighted by atomic mass is 35.5. The maximum Gasteiger partial charge on any atom is 0.430 e. The van der Waals surface area contributed by atoms with E-state index in [1.807, 2.05) is 0 Å². The first-order valence-electron chi connectivity index (χ1n) is 22.8. The lowest BCUT2D eigenvalue weighted by Crippen LogP contribution is -2.53. The van der Waals surface area contributed by atoms with Crippen LogP contribution in [-0.4, -0.2) is 116 Å². The first kappa shape index (κ1) is 88.9. The van der Waals surface area contributed by atoms with Crippen molar-refractivity contribution in [1.82, 2.24) is 0 Å². The van der Waals surface area contributed by atoms with E-state index >= 15 is 0 Å². The largest absolute Gasteiger partial charge is 0.430 e. The van der Waals surface area contributed by atoms with E-state index in [2.05, 4.69) is 0 Å². The van der Waals surface area contributed by atoms with Crippen LogP contribution in [0.2, 0.25) is 13.0 Å². The predicted molar refractivity (Wildman–Crippen MR) is 297 cm³/mol. The number of halogens is 30. The van der Waals surface area contributed by atoms with Gasteiger partial charge in [-0.3, -0.25) is 12.9 Å². The average Bonchev–Trinajstić information content (AvgIpc) is 1.43. The smallest absolute Gasteiger partial charge is 0.369 e. The molecule has 0 saturated carbocycles. The summed E-state index contributed by atoms with van der Waals surface area (Å²) in [5.41, 5.74) is -24.0. The molecule has 96 heavy (non-hydrogen) atoms. The van der Waals surface area contributed by atoms with E-state index in [1.54, 1.807) is 0 Å². The SMILES string of the molecule is C.C.C.O=S(=O)(c1cc(Cl)sc1Cl)N(CC(F)(F)F)c1ccc(C(O)(C(F)(F)F)C(F)(F)F)cc1.O=S(=O)(c1cccs1)N(CC(F)(F)F)c1ccc(C(O)(C(F)(F)F)C(F)(F)F)cc1.O=S(=O)(c1csc(Cl)c1)N(CC(F)(F)F)c1ccc(C(O)(C(F)(F)F)C(F)(F)F)cc1. The van der Waals surface area contributed by atoms with E-state index in [-0.39, 0.29) is 105 Å². The Kier molecular flexibility index (Phi) is 27.8. The van der Waals surface area contributed by atoms with Crippen LogP contribution in [0.3, 0.4) is 0 Å². The first-order chi connectivity index (χ1) is 41.4. The van der Waals surface area contributed by atoms with Crippen LogP contribution in [0.25, 0.3) is 0 Å². The summed E-state index contributed by atoms with van der Waals surface area (Å²) < 4.78 is 423. The van der Waals surface area contributed by atoms with Gasteiger partial charge in [-0.2, -0.15) is 119 Å². The molecule has 3 aromatic heterocycles. The summed E-state index contributed by atoms with van der Waals surface area (Å²) in [5.74, 6) is 0. The molecule has 6 aromatic rings. The molecule has 0 aliphatic rings. The van der Waals surface area contributed by atoms with Crippen molar-refractivity contribution in [2.45, 2.75) is 109 Å². The summed E-state index contributed by atoms with van der Waals surface area (Å²) >= 11 is 18.6. The van der Waals surface area contributed by atoms with Gasteiger partial charge in [-0.15, -0.1) is 34.0 Å². The van der Waals surface area contributed by atoms with E-state index in [4.69, 9.17) is 34.8 Å². The fraction of sp³-hybridized carbons (Fsp3) is 0.375. The Morgan fingerprint density at radius 2 is 0.656 bits per heavy atom. The molecule has 0 saturated heterocycles. The van der Waals surface area contributed by atoms with Gasteiger partial charge in [0.1, 0.15) is 33.1 Å². The Bertz CT molecular complexity index is 3830. The minimum absolute atomic E-state index is 0. The maximum atomic E-state index is 13.0. The van der Waals surface area contributed by atoms with Crippen molar-refractivity contribution in [2.24, 2.45) is 0 Å². The van der Waals surface area contributed by atoms with Crippen LogP contribution >= 0.6 is 68.8 Å². The molecule has 3 aromatic carbocycles. The van der Waals surface area contributed by atoms with Crippen LogP contribution in [0.4, 0.5) is 136 Å². The zero-order valence-electron chi connectivity index (χ0n) is 43.4. The molecule has 6 rings (SSSR count). The van der Waals surface area contributed by atoms with E-state index in [0.29, 0.717) is 46.1 Å². The Balaban J connectivity index is 0.000000709. The summed E-state index contributed by atoms with van der Waals surface area (Å²) in [6.07, 6.45) is -52.7. The fourth-order valence-corrected chi connectivity index (χ4v) is 16.1. The third-order valence-electron chi connectivity index (χ3n) is 11.5. The van der Waals surface area contributed by atoms with E-state index in [9.17, 15) is 159 Å². The summed E-state index contributed by atoms with van der Waals surface area (Å²) in [7, 11) is -14.9. The van der Waals surface area contributed by atoms with Crippen molar-refractivity contribution in [3.8, 4) is 0 Å². The minimum Gasteiger partial charge on any atom is -0.369 e. The Morgan fingerprint density at radius 3 is 0.875 bits per heavy atom. The second-order valence-electron chi connectivity index (χ2n) is 17.8. The molecule has 0 spiro atoms.